The molecule has 3 aromatic rings. The molecule has 0 saturated heterocycles. The Morgan fingerprint density at radius 2 is 2.00 bits per heavy atom. The van der Waals surface area contributed by atoms with E-state index in [9.17, 15) is 13.4 Å². The summed E-state index contributed by atoms with van der Waals surface area (Å²) < 4.78 is 31.6. The number of amides is 1. The molecule has 1 atom stereocenters. The predicted octanol–water partition coefficient (Wildman–Crippen LogP) is 2.75. The van der Waals surface area contributed by atoms with Gasteiger partial charge in [-0.1, -0.05) is 18.2 Å². The largest absolute Gasteiger partial charge is 0.441 e. The van der Waals surface area contributed by atoms with Gasteiger partial charge >= 0.3 is 0 Å². The molecule has 1 N–H and O–H groups in total. The topological polar surface area (TPSA) is 85.1 Å². The summed E-state index contributed by atoms with van der Waals surface area (Å²) in [4.78, 5) is 20.3. The minimum atomic E-state index is -1.47. The van der Waals surface area contributed by atoms with Crippen LogP contribution in [-0.2, 0) is 27.9 Å². The molecule has 0 aliphatic heterocycles. The molecule has 1 aromatic carbocycles. The maximum Gasteiger partial charge on any atom is 0.232 e. The molecule has 0 aliphatic rings. The molecule has 0 aliphatic carbocycles. The lowest BCUT2D eigenvalue weighted by Crippen LogP contribution is -2.28. The van der Waals surface area contributed by atoms with E-state index in [4.69, 9.17) is 4.42 Å². The molecule has 0 unspecified atom stereocenters. The van der Waals surface area contributed by atoms with Gasteiger partial charge in [-0.25, -0.2) is 9.37 Å². The number of hydrogen-bond donors (Lipinski definition) is 1. The van der Waals surface area contributed by atoms with Crippen molar-refractivity contribution in [3.8, 4) is 11.5 Å². The lowest BCUT2D eigenvalue weighted by atomic mass is 10.2. The summed E-state index contributed by atoms with van der Waals surface area (Å²) in [7, 11) is -1.47. The molecule has 6 nitrogen and oxygen atoms in total. The number of pyridine rings is 1. The van der Waals surface area contributed by atoms with Crippen LogP contribution in [0.2, 0.25) is 0 Å². The number of carbonyl (C=O) groups excluding carboxylic acids is 1. The van der Waals surface area contributed by atoms with Crippen LogP contribution >= 0.6 is 0 Å². The fourth-order valence-corrected chi connectivity index (χ4v) is 3.47. The average Bonchev–Trinajstić information content (AvgIpc) is 3.01. The highest BCUT2D eigenvalue weighted by Gasteiger charge is 2.17. The van der Waals surface area contributed by atoms with Crippen LogP contribution in [0.25, 0.3) is 11.5 Å². The van der Waals surface area contributed by atoms with E-state index in [1.165, 1.54) is 6.07 Å². The second-order valence-electron chi connectivity index (χ2n) is 5.83. The number of carbonyl (C=O) groups is 1. The first kappa shape index (κ1) is 18.9. The monoisotopic (exact) mass is 387 g/mol. The number of aromatic nitrogens is 2. The van der Waals surface area contributed by atoms with Crippen LogP contribution in [0.15, 0.2) is 53.1 Å². The van der Waals surface area contributed by atoms with Crippen molar-refractivity contribution in [2.45, 2.75) is 19.2 Å². The Kier molecular flexibility index (Phi) is 6.08. The molecule has 1 amide bonds. The molecule has 0 bridgehead atoms. The molecular weight excluding hydrogens is 369 g/mol. The van der Waals surface area contributed by atoms with Crippen molar-refractivity contribution >= 4 is 16.7 Å². The zero-order valence-corrected chi connectivity index (χ0v) is 15.5. The summed E-state index contributed by atoms with van der Waals surface area (Å²) in [6.07, 6.45) is 1.64. The highest BCUT2D eigenvalue weighted by Crippen LogP contribution is 2.24. The first-order chi connectivity index (χ1) is 13.0. The summed E-state index contributed by atoms with van der Waals surface area (Å²) in [5.74, 6) is -0.294. The van der Waals surface area contributed by atoms with Crippen LogP contribution in [0, 0.1) is 12.7 Å². The normalized spacial score (nSPS) is 11.9. The third kappa shape index (κ3) is 5.07. The van der Waals surface area contributed by atoms with Crippen molar-refractivity contribution in [1.82, 2.24) is 15.3 Å². The number of halogens is 1. The molecule has 0 fully saturated rings. The number of oxazole rings is 1. The summed E-state index contributed by atoms with van der Waals surface area (Å²) >= 11 is 0. The minimum Gasteiger partial charge on any atom is -0.441 e. The van der Waals surface area contributed by atoms with Gasteiger partial charge in [0.2, 0.25) is 11.8 Å². The standard InChI is InChI=1S/C19H18FN3O3S/c1-13-17(23-19(26-13)15-7-2-3-8-16(15)20)11-27(25)12-18(24)22-10-14-6-4-5-9-21-14/h2-9H,10-12H2,1H3,(H,22,24)/t27-/m1/s1. The van der Waals surface area contributed by atoms with E-state index in [0.29, 0.717) is 11.5 Å². The Morgan fingerprint density at radius 1 is 1.22 bits per heavy atom. The van der Waals surface area contributed by atoms with Crippen LogP contribution < -0.4 is 5.32 Å². The lowest BCUT2D eigenvalue weighted by Gasteiger charge is -2.04. The van der Waals surface area contributed by atoms with Crippen molar-refractivity contribution in [3.05, 3.63) is 71.6 Å². The highest BCUT2D eigenvalue weighted by atomic mass is 32.2. The zero-order chi connectivity index (χ0) is 19.2. The van der Waals surface area contributed by atoms with Crippen molar-refractivity contribution in [2.75, 3.05) is 5.75 Å². The first-order valence-electron chi connectivity index (χ1n) is 8.25. The third-order valence-corrected chi connectivity index (χ3v) is 4.96. The van der Waals surface area contributed by atoms with E-state index >= 15 is 0 Å². The van der Waals surface area contributed by atoms with Gasteiger partial charge in [0.15, 0.2) is 0 Å². The summed E-state index contributed by atoms with van der Waals surface area (Å²) in [6.45, 7) is 1.95. The van der Waals surface area contributed by atoms with E-state index in [2.05, 4.69) is 15.3 Å². The second-order valence-corrected chi connectivity index (χ2v) is 7.29. The average molecular weight is 387 g/mol. The van der Waals surface area contributed by atoms with Crippen molar-refractivity contribution in [1.29, 1.82) is 0 Å². The van der Waals surface area contributed by atoms with Crippen LogP contribution in [0.3, 0.4) is 0 Å². The van der Waals surface area contributed by atoms with Gasteiger partial charge in [-0.15, -0.1) is 0 Å². The predicted molar refractivity (Wildman–Crippen MR) is 99.4 cm³/mol. The van der Waals surface area contributed by atoms with E-state index < -0.39 is 16.6 Å². The van der Waals surface area contributed by atoms with Gasteiger partial charge in [-0.2, -0.15) is 0 Å². The number of hydrogen-bond acceptors (Lipinski definition) is 5. The van der Waals surface area contributed by atoms with Crippen LogP contribution in [0.5, 0.6) is 0 Å². The lowest BCUT2D eigenvalue weighted by molar-refractivity contribution is -0.118. The quantitative estimate of drug-likeness (QED) is 0.674. The smallest absolute Gasteiger partial charge is 0.232 e. The maximum atomic E-state index is 13.9. The Labute approximate surface area is 158 Å². The molecule has 140 valence electrons. The molecule has 0 spiro atoms. The maximum absolute atomic E-state index is 13.9. The SMILES string of the molecule is Cc1oc(-c2ccccc2F)nc1C[S@@](=O)CC(=O)NCc1ccccn1. The third-order valence-electron chi connectivity index (χ3n) is 3.78. The fourth-order valence-electron chi connectivity index (χ4n) is 2.40. The second kappa shape index (κ2) is 8.68. The summed E-state index contributed by atoms with van der Waals surface area (Å²) in [6, 6.07) is 11.5. The molecule has 0 saturated carbocycles. The van der Waals surface area contributed by atoms with Gasteiger partial charge in [-0.3, -0.25) is 14.0 Å². The number of nitrogens with zero attached hydrogens (tertiary/aromatic N) is 2. The van der Waals surface area contributed by atoms with Gasteiger partial charge in [0.25, 0.3) is 0 Å². The van der Waals surface area contributed by atoms with Crippen LogP contribution in [0.4, 0.5) is 4.39 Å². The van der Waals surface area contributed by atoms with Crippen molar-refractivity contribution < 1.29 is 17.8 Å². The number of rotatable bonds is 7. The summed E-state index contributed by atoms with van der Waals surface area (Å²) in [5, 5.41) is 2.68. The minimum absolute atomic E-state index is 0.0563. The van der Waals surface area contributed by atoms with Gasteiger partial charge in [0, 0.05) is 17.0 Å². The molecular formula is C19H18FN3O3S. The van der Waals surface area contributed by atoms with E-state index in [1.54, 1.807) is 43.5 Å². The fraction of sp³-hybridized carbons (Fsp3) is 0.211. The Bertz CT molecular complexity index is 960. The van der Waals surface area contributed by atoms with Gasteiger partial charge in [-0.05, 0) is 31.2 Å². The molecule has 3 rings (SSSR count). The van der Waals surface area contributed by atoms with Gasteiger partial charge in [0.05, 0.1) is 29.2 Å². The van der Waals surface area contributed by atoms with E-state index in [0.717, 1.165) is 5.69 Å². The Balaban J connectivity index is 1.58. The van der Waals surface area contributed by atoms with Crippen LogP contribution in [0.1, 0.15) is 17.1 Å². The van der Waals surface area contributed by atoms with Crippen LogP contribution in [-0.4, -0.2) is 25.8 Å². The first-order valence-corrected chi connectivity index (χ1v) is 9.74. The van der Waals surface area contributed by atoms with Gasteiger partial charge < -0.3 is 9.73 Å². The number of aryl methyl sites for hydroxylation is 1. The van der Waals surface area contributed by atoms with E-state index in [1.807, 2.05) is 6.07 Å². The zero-order valence-electron chi connectivity index (χ0n) is 14.6. The van der Waals surface area contributed by atoms with E-state index in [-0.39, 0.29) is 35.4 Å². The number of benzene rings is 1. The summed E-state index contributed by atoms with van der Waals surface area (Å²) in [5.41, 5.74) is 1.41. The molecule has 2 heterocycles. The molecule has 0 radical (unpaired) electrons. The Morgan fingerprint density at radius 3 is 2.74 bits per heavy atom. The Hall–Kier alpha value is -2.87. The highest BCUT2D eigenvalue weighted by molar-refractivity contribution is 7.84. The van der Waals surface area contributed by atoms with Gasteiger partial charge in [0.1, 0.15) is 17.3 Å². The molecule has 8 heteroatoms. The van der Waals surface area contributed by atoms with Crippen molar-refractivity contribution in [2.24, 2.45) is 0 Å². The molecule has 2 aromatic heterocycles. The van der Waals surface area contributed by atoms with Crippen molar-refractivity contribution in [3.63, 3.8) is 0 Å². The molecule has 27 heavy (non-hydrogen) atoms. The number of nitrogens with one attached hydrogen (secondary N) is 1.